The maximum Gasteiger partial charge on any atom is 0.331 e. The summed E-state index contributed by atoms with van der Waals surface area (Å²) in [6.07, 6.45) is 11.2. The maximum absolute atomic E-state index is 11.5. The highest BCUT2D eigenvalue weighted by Crippen LogP contribution is 2.20. The van der Waals surface area contributed by atoms with Crippen LogP contribution in [-0.2, 0) is 9.53 Å². The summed E-state index contributed by atoms with van der Waals surface area (Å²) in [5.41, 5.74) is 0.199. The molecule has 0 aliphatic carbocycles. The van der Waals surface area contributed by atoms with Crippen molar-refractivity contribution in [2.45, 2.75) is 72.0 Å². The number of allylic oxidation sites excluding steroid dienone is 3. The van der Waals surface area contributed by atoms with Crippen LogP contribution in [0.15, 0.2) is 34.0 Å². The number of esters is 1. The Hall–Kier alpha value is -0.620. The van der Waals surface area contributed by atoms with E-state index in [-0.39, 0.29) is 12.1 Å². The van der Waals surface area contributed by atoms with Gasteiger partial charge in [0.05, 0.1) is 11.7 Å². The lowest BCUT2D eigenvalue weighted by atomic mass is 9.94. The first-order chi connectivity index (χ1) is 10.7. The van der Waals surface area contributed by atoms with E-state index in [0.29, 0.717) is 5.92 Å². The molecule has 132 valence electrons. The normalized spacial score (nSPS) is 17.0. The van der Waals surface area contributed by atoms with Crippen LogP contribution in [-0.4, -0.2) is 22.8 Å². The molecule has 0 saturated heterocycles. The second-order valence-electron chi connectivity index (χ2n) is 6.66. The average molecular weight is 434 g/mol. The molecule has 4 heteroatoms. The zero-order chi connectivity index (χ0) is 17.9. The fourth-order valence-corrected chi connectivity index (χ4v) is 2.91. The lowest BCUT2D eigenvalue weighted by Gasteiger charge is -2.19. The standard InChI is InChI=1S/C19H31IO3/c1-15(2)23-18(21)14-17(4)9-6-8-16(3)10-7-11-19(5,22)12-13-20/h6,9,12-16,22H,7-8,10-11H2,1-5H3. The van der Waals surface area contributed by atoms with Gasteiger partial charge in [0.15, 0.2) is 0 Å². The van der Waals surface area contributed by atoms with Crippen molar-refractivity contribution < 1.29 is 14.6 Å². The highest BCUT2D eigenvalue weighted by atomic mass is 127. The minimum Gasteiger partial charge on any atom is -0.460 e. The molecule has 0 amide bonds. The van der Waals surface area contributed by atoms with E-state index in [0.717, 1.165) is 31.3 Å². The van der Waals surface area contributed by atoms with Gasteiger partial charge in [-0.1, -0.05) is 48.1 Å². The van der Waals surface area contributed by atoms with Gasteiger partial charge in [-0.3, -0.25) is 0 Å². The van der Waals surface area contributed by atoms with Crippen LogP contribution in [0.25, 0.3) is 0 Å². The Bertz CT molecular complexity index is 434. The molecular formula is C19H31IO3. The minimum atomic E-state index is -0.702. The van der Waals surface area contributed by atoms with Crippen LogP contribution < -0.4 is 0 Å². The van der Waals surface area contributed by atoms with E-state index in [1.165, 1.54) is 6.08 Å². The van der Waals surface area contributed by atoms with E-state index in [9.17, 15) is 9.90 Å². The van der Waals surface area contributed by atoms with Crippen LogP contribution >= 0.6 is 22.6 Å². The largest absolute Gasteiger partial charge is 0.460 e. The van der Waals surface area contributed by atoms with Crippen molar-refractivity contribution in [2.75, 3.05) is 0 Å². The van der Waals surface area contributed by atoms with Gasteiger partial charge in [0, 0.05) is 6.08 Å². The Morgan fingerprint density at radius 2 is 2.00 bits per heavy atom. The predicted molar refractivity (Wildman–Crippen MR) is 106 cm³/mol. The molecule has 0 heterocycles. The Morgan fingerprint density at radius 3 is 2.57 bits per heavy atom. The molecule has 0 aromatic rings. The second kappa shape index (κ2) is 11.8. The number of halogens is 1. The van der Waals surface area contributed by atoms with Crippen molar-refractivity contribution in [3.05, 3.63) is 34.0 Å². The first kappa shape index (κ1) is 22.4. The number of ether oxygens (including phenoxy) is 1. The lowest BCUT2D eigenvalue weighted by Crippen LogP contribution is -2.20. The van der Waals surface area contributed by atoms with Crippen molar-refractivity contribution >= 4 is 28.6 Å². The van der Waals surface area contributed by atoms with Gasteiger partial charge in [-0.25, -0.2) is 4.79 Å². The second-order valence-corrected chi connectivity index (χ2v) is 7.38. The van der Waals surface area contributed by atoms with Crippen molar-refractivity contribution in [3.8, 4) is 0 Å². The van der Waals surface area contributed by atoms with E-state index in [2.05, 4.69) is 35.6 Å². The Balaban J connectivity index is 4.11. The van der Waals surface area contributed by atoms with Gasteiger partial charge in [0.1, 0.15) is 0 Å². The number of rotatable bonds is 10. The number of carbonyl (C=O) groups is 1. The zero-order valence-electron chi connectivity index (χ0n) is 15.0. The molecule has 3 nitrogen and oxygen atoms in total. The van der Waals surface area contributed by atoms with Gasteiger partial charge in [0.2, 0.25) is 0 Å². The molecule has 23 heavy (non-hydrogen) atoms. The highest BCUT2D eigenvalue weighted by molar-refractivity contribution is 14.1. The van der Waals surface area contributed by atoms with E-state index in [4.69, 9.17) is 4.74 Å². The molecule has 2 unspecified atom stereocenters. The van der Waals surface area contributed by atoms with E-state index < -0.39 is 5.60 Å². The molecule has 0 saturated carbocycles. The molecule has 0 radical (unpaired) electrons. The Morgan fingerprint density at radius 1 is 1.35 bits per heavy atom. The Labute approximate surface area is 155 Å². The third-order valence-electron chi connectivity index (χ3n) is 3.42. The number of carbonyl (C=O) groups excluding carboxylic acids is 1. The smallest absolute Gasteiger partial charge is 0.331 e. The fourth-order valence-electron chi connectivity index (χ4n) is 2.13. The SMILES string of the molecule is CC(C=CCC(C)CCCC(C)(O)C=CI)=CC(=O)OC(C)C. The van der Waals surface area contributed by atoms with E-state index >= 15 is 0 Å². The molecule has 1 N–H and O–H groups in total. The quantitative estimate of drug-likeness (QED) is 0.219. The Kier molecular flexibility index (Phi) is 11.5. The molecule has 0 fully saturated rings. The first-order valence-electron chi connectivity index (χ1n) is 8.22. The van der Waals surface area contributed by atoms with Crippen LogP contribution in [0, 0.1) is 5.92 Å². The van der Waals surface area contributed by atoms with Gasteiger partial charge in [-0.15, -0.1) is 0 Å². The van der Waals surface area contributed by atoms with Crippen LogP contribution in [0.2, 0.25) is 0 Å². The summed E-state index contributed by atoms with van der Waals surface area (Å²) in [4.78, 5) is 11.5. The molecule has 0 aliphatic heterocycles. The van der Waals surface area contributed by atoms with Crippen LogP contribution in [0.3, 0.4) is 0 Å². The molecule has 2 atom stereocenters. The molecular weight excluding hydrogens is 403 g/mol. The summed E-state index contributed by atoms with van der Waals surface area (Å²) < 4.78 is 6.94. The van der Waals surface area contributed by atoms with Crippen molar-refractivity contribution in [1.82, 2.24) is 0 Å². The van der Waals surface area contributed by atoms with Crippen LogP contribution in [0.5, 0.6) is 0 Å². The average Bonchev–Trinajstić information content (AvgIpc) is 2.36. The number of aliphatic hydroxyl groups is 1. The lowest BCUT2D eigenvalue weighted by molar-refractivity contribution is -0.141. The summed E-state index contributed by atoms with van der Waals surface area (Å²) in [5.74, 6) is 0.266. The number of hydrogen-bond donors (Lipinski definition) is 1. The zero-order valence-corrected chi connectivity index (χ0v) is 17.2. The minimum absolute atomic E-state index is 0.0881. The van der Waals surface area contributed by atoms with Gasteiger partial charge >= 0.3 is 5.97 Å². The maximum atomic E-state index is 11.5. The highest BCUT2D eigenvalue weighted by Gasteiger charge is 2.15. The number of hydrogen-bond acceptors (Lipinski definition) is 3. The van der Waals surface area contributed by atoms with Gasteiger partial charge in [0.25, 0.3) is 0 Å². The van der Waals surface area contributed by atoms with Crippen LogP contribution in [0.1, 0.15) is 60.3 Å². The van der Waals surface area contributed by atoms with Crippen molar-refractivity contribution in [1.29, 1.82) is 0 Å². The summed E-state index contributed by atoms with van der Waals surface area (Å²) in [6.45, 7) is 9.63. The van der Waals surface area contributed by atoms with Gasteiger partial charge < -0.3 is 9.84 Å². The van der Waals surface area contributed by atoms with Crippen molar-refractivity contribution in [3.63, 3.8) is 0 Å². The molecule has 0 aliphatic rings. The predicted octanol–water partition coefficient (Wildman–Crippen LogP) is 5.34. The molecule has 0 aromatic carbocycles. The third-order valence-corrected chi connectivity index (χ3v) is 3.78. The molecule has 0 bridgehead atoms. The topological polar surface area (TPSA) is 46.5 Å². The molecule has 0 spiro atoms. The summed E-state index contributed by atoms with van der Waals surface area (Å²) in [6, 6.07) is 0. The molecule has 0 rings (SSSR count). The van der Waals surface area contributed by atoms with Crippen molar-refractivity contribution in [2.24, 2.45) is 5.92 Å². The van der Waals surface area contributed by atoms with E-state index in [1.807, 2.05) is 43.9 Å². The fraction of sp³-hybridized carbons (Fsp3) is 0.632. The third kappa shape index (κ3) is 13.5. The van der Waals surface area contributed by atoms with Gasteiger partial charge in [-0.2, -0.15) is 0 Å². The van der Waals surface area contributed by atoms with E-state index in [1.54, 1.807) is 0 Å². The summed E-state index contributed by atoms with van der Waals surface area (Å²) in [7, 11) is 0. The summed E-state index contributed by atoms with van der Waals surface area (Å²) >= 11 is 2.13. The first-order valence-corrected chi connectivity index (χ1v) is 9.46. The summed E-state index contributed by atoms with van der Waals surface area (Å²) in [5, 5.41) is 10.1. The van der Waals surface area contributed by atoms with Crippen LogP contribution in [0.4, 0.5) is 0 Å². The monoisotopic (exact) mass is 434 g/mol. The van der Waals surface area contributed by atoms with Gasteiger partial charge in [-0.05, 0) is 68.6 Å². The molecule has 0 aromatic heterocycles.